The molecule has 0 aliphatic heterocycles. The molecule has 1 unspecified atom stereocenters. The Morgan fingerprint density at radius 1 is 1.29 bits per heavy atom. The summed E-state index contributed by atoms with van der Waals surface area (Å²) in [5, 5.41) is 10.1. The first-order valence-electron chi connectivity index (χ1n) is 5.31. The molecule has 0 radical (unpaired) electrons. The summed E-state index contributed by atoms with van der Waals surface area (Å²) < 4.78 is 5.49. The van der Waals surface area contributed by atoms with Gasteiger partial charge in [-0.2, -0.15) is 0 Å². The largest absolute Gasteiger partial charge is 0.369 e. The van der Waals surface area contributed by atoms with Gasteiger partial charge in [-0.25, -0.2) is 0 Å². The summed E-state index contributed by atoms with van der Waals surface area (Å²) in [4.78, 5) is 0. The third-order valence-electron chi connectivity index (χ3n) is 2.35. The number of alkyl halides is 1. The summed E-state index contributed by atoms with van der Waals surface area (Å²) in [5.41, 5.74) is 1.09. The number of aryl methyl sites for hydroxylation is 1. The summed E-state index contributed by atoms with van der Waals surface area (Å²) in [6.45, 7) is 0. The van der Waals surface area contributed by atoms with E-state index in [1.807, 2.05) is 30.3 Å². The van der Waals surface area contributed by atoms with Crippen LogP contribution in [-0.2, 0) is 11.2 Å². The Morgan fingerprint density at radius 3 is 2.71 bits per heavy atom. The number of hydrogen-bond donors (Lipinski definition) is 0. The zero-order valence-electron chi connectivity index (χ0n) is 9.47. The van der Waals surface area contributed by atoms with Crippen LogP contribution in [0.1, 0.15) is 21.7 Å². The number of halogens is 1. The topological polar surface area (TPSA) is 35.0 Å². The van der Waals surface area contributed by atoms with Crippen LogP contribution in [-0.4, -0.2) is 23.2 Å². The van der Waals surface area contributed by atoms with Crippen molar-refractivity contribution in [3.63, 3.8) is 0 Å². The second kappa shape index (κ2) is 6.10. The van der Waals surface area contributed by atoms with Crippen molar-refractivity contribution in [1.82, 2.24) is 10.2 Å². The number of hydrogen-bond acceptors (Lipinski definition) is 4. The van der Waals surface area contributed by atoms with E-state index in [2.05, 4.69) is 10.2 Å². The van der Waals surface area contributed by atoms with Gasteiger partial charge in [-0.05, 0) is 5.56 Å². The van der Waals surface area contributed by atoms with Crippen LogP contribution >= 0.6 is 22.9 Å². The Hall–Kier alpha value is -0.970. The van der Waals surface area contributed by atoms with E-state index in [1.165, 1.54) is 0 Å². The molecule has 3 nitrogen and oxygen atoms in total. The molecule has 5 heteroatoms. The molecule has 0 saturated carbocycles. The minimum Gasteiger partial charge on any atom is -0.369 e. The number of methoxy groups -OCH3 is 1. The van der Waals surface area contributed by atoms with Crippen molar-refractivity contribution < 1.29 is 4.74 Å². The van der Waals surface area contributed by atoms with Gasteiger partial charge in [-0.1, -0.05) is 41.7 Å². The van der Waals surface area contributed by atoms with E-state index in [0.717, 1.165) is 22.0 Å². The number of rotatable bonds is 5. The van der Waals surface area contributed by atoms with Crippen LogP contribution in [0.2, 0.25) is 0 Å². The summed E-state index contributed by atoms with van der Waals surface area (Å²) in [6, 6.07) is 10.0. The highest BCUT2D eigenvalue weighted by Crippen LogP contribution is 2.27. The first kappa shape index (κ1) is 12.5. The quantitative estimate of drug-likeness (QED) is 0.782. The van der Waals surface area contributed by atoms with Crippen LogP contribution in [0.15, 0.2) is 30.3 Å². The number of nitrogens with zero attached hydrogens (tertiary/aromatic N) is 2. The molecule has 0 amide bonds. The summed E-state index contributed by atoms with van der Waals surface area (Å²) in [7, 11) is 1.68. The lowest BCUT2D eigenvalue weighted by molar-refractivity contribution is 0.135. The third kappa shape index (κ3) is 3.03. The summed E-state index contributed by atoms with van der Waals surface area (Å²) in [5.74, 6) is 0.567. The van der Waals surface area contributed by atoms with Crippen molar-refractivity contribution in [3.05, 3.63) is 45.9 Å². The van der Waals surface area contributed by atoms with Crippen LogP contribution in [0.5, 0.6) is 0 Å². The van der Waals surface area contributed by atoms with E-state index in [9.17, 15) is 0 Å². The zero-order chi connectivity index (χ0) is 12.1. The molecule has 90 valence electrons. The first-order chi connectivity index (χ1) is 8.35. The second-order valence-electron chi connectivity index (χ2n) is 3.50. The Labute approximate surface area is 109 Å². The molecule has 1 heterocycles. The van der Waals surface area contributed by atoms with Gasteiger partial charge in [0.15, 0.2) is 5.01 Å². The lowest BCUT2D eigenvalue weighted by atomic mass is 10.1. The SMILES string of the molecule is COC(c1ccccc1)c1nnc(CCCl)s1. The number of benzene rings is 1. The van der Waals surface area contributed by atoms with E-state index < -0.39 is 0 Å². The maximum absolute atomic E-state index is 5.68. The van der Waals surface area contributed by atoms with Gasteiger partial charge in [-0.3, -0.25) is 0 Å². The zero-order valence-corrected chi connectivity index (χ0v) is 11.0. The molecule has 2 rings (SSSR count). The Balaban J connectivity index is 2.23. The molecule has 2 aromatic rings. The molecule has 1 aromatic carbocycles. The maximum atomic E-state index is 5.68. The van der Waals surface area contributed by atoms with Gasteiger partial charge in [0, 0.05) is 19.4 Å². The summed E-state index contributed by atoms with van der Waals surface area (Å²) >= 11 is 7.24. The van der Waals surface area contributed by atoms with Crippen LogP contribution in [0.3, 0.4) is 0 Å². The Morgan fingerprint density at radius 2 is 2.06 bits per heavy atom. The predicted octanol–water partition coefficient (Wildman–Crippen LogP) is 3.06. The van der Waals surface area contributed by atoms with E-state index in [0.29, 0.717) is 5.88 Å². The van der Waals surface area contributed by atoms with Crippen molar-refractivity contribution >= 4 is 22.9 Å². The Bertz CT molecular complexity index is 461. The monoisotopic (exact) mass is 268 g/mol. The summed E-state index contributed by atoms with van der Waals surface area (Å²) in [6.07, 6.45) is 0.613. The molecule has 0 saturated heterocycles. The number of aromatic nitrogens is 2. The van der Waals surface area contributed by atoms with Gasteiger partial charge in [0.2, 0.25) is 0 Å². The molecule has 1 atom stereocenters. The second-order valence-corrected chi connectivity index (χ2v) is 4.97. The minimum absolute atomic E-state index is 0.141. The molecular formula is C12H13ClN2OS. The smallest absolute Gasteiger partial charge is 0.151 e. The van der Waals surface area contributed by atoms with E-state index >= 15 is 0 Å². The molecule has 17 heavy (non-hydrogen) atoms. The van der Waals surface area contributed by atoms with Gasteiger partial charge >= 0.3 is 0 Å². The lowest BCUT2D eigenvalue weighted by Crippen LogP contribution is -2.02. The van der Waals surface area contributed by atoms with Crippen LogP contribution < -0.4 is 0 Å². The first-order valence-corrected chi connectivity index (χ1v) is 6.66. The van der Waals surface area contributed by atoms with Crippen molar-refractivity contribution in [2.24, 2.45) is 0 Å². The predicted molar refractivity (Wildman–Crippen MR) is 69.6 cm³/mol. The highest BCUT2D eigenvalue weighted by molar-refractivity contribution is 7.11. The van der Waals surface area contributed by atoms with E-state index in [4.69, 9.17) is 16.3 Å². The van der Waals surface area contributed by atoms with E-state index in [1.54, 1.807) is 18.4 Å². The van der Waals surface area contributed by atoms with Crippen LogP contribution in [0.4, 0.5) is 0 Å². The fraction of sp³-hybridized carbons (Fsp3) is 0.333. The third-order valence-corrected chi connectivity index (χ3v) is 3.57. The van der Waals surface area contributed by atoms with E-state index in [-0.39, 0.29) is 6.10 Å². The maximum Gasteiger partial charge on any atom is 0.151 e. The highest BCUT2D eigenvalue weighted by atomic mass is 35.5. The van der Waals surface area contributed by atoms with Gasteiger partial charge in [-0.15, -0.1) is 21.8 Å². The molecule has 0 bridgehead atoms. The van der Waals surface area contributed by atoms with Crippen LogP contribution in [0.25, 0.3) is 0 Å². The average molecular weight is 269 g/mol. The molecule has 0 aliphatic carbocycles. The molecule has 1 aromatic heterocycles. The fourth-order valence-electron chi connectivity index (χ4n) is 1.56. The van der Waals surface area contributed by atoms with Gasteiger partial charge in [0.1, 0.15) is 11.1 Å². The van der Waals surface area contributed by atoms with Crippen molar-refractivity contribution in [2.45, 2.75) is 12.5 Å². The lowest BCUT2D eigenvalue weighted by Gasteiger charge is -2.11. The fourth-order valence-corrected chi connectivity index (χ4v) is 2.80. The molecule has 0 spiro atoms. The van der Waals surface area contributed by atoms with Gasteiger partial charge < -0.3 is 4.74 Å². The normalized spacial score (nSPS) is 12.6. The molecule has 0 fully saturated rings. The molecular weight excluding hydrogens is 256 g/mol. The standard InChI is InChI=1S/C12H13ClN2OS/c1-16-11(9-5-3-2-4-6-9)12-15-14-10(17-12)7-8-13/h2-6,11H,7-8H2,1H3. The highest BCUT2D eigenvalue weighted by Gasteiger charge is 2.17. The van der Waals surface area contributed by atoms with Crippen molar-refractivity contribution in [2.75, 3.05) is 13.0 Å². The number of ether oxygens (including phenoxy) is 1. The van der Waals surface area contributed by atoms with Gasteiger partial charge in [0.05, 0.1) is 0 Å². The van der Waals surface area contributed by atoms with Crippen molar-refractivity contribution in [3.8, 4) is 0 Å². The van der Waals surface area contributed by atoms with Gasteiger partial charge in [0.25, 0.3) is 0 Å². The average Bonchev–Trinajstić information content (AvgIpc) is 2.81. The molecule has 0 aliphatic rings. The Kier molecular flexibility index (Phi) is 4.48. The molecule has 0 N–H and O–H groups in total. The van der Waals surface area contributed by atoms with Crippen molar-refractivity contribution in [1.29, 1.82) is 0 Å². The minimum atomic E-state index is -0.141. The van der Waals surface area contributed by atoms with Crippen LogP contribution in [0, 0.1) is 0 Å².